The molecule has 0 unspecified atom stereocenters. The molecule has 82 valence electrons. The van der Waals surface area contributed by atoms with Crippen LogP contribution in [-0.4, -0.2) is 25.3 Å². The summed E-state index contributed by atoms with van der Waals surface area (Å²) in [5.41, 5.74) is 2.53. The lowest BCUT2D eigenvalue weighted by Gasteiger charge is -2.02. The highest BCUT2D eigenvalue weighted by Crippen LogP contribution is 2.13. The third kappa shape index (κ3) is 5.00. The number of ether oxygens (including phenoxy) is 1. The molecule has 0 amide bonds. The molecule has 0 aliphatic heterocycles. The molecule has 0 bridgehead atoms. The minimum atomic E-state index is 0.148. The Morgan fingerprint density at radius 1 is 1.47 bits per heavy atom. The minimum absolute atomic E-state index is 0.148. The number of Topliss-reactive ketones (excluding diaryl/α,β-unsaturated/α-hetero) is 1. The molecule has 0 aliphatic rings. The Morgan fingerprint density at radius 3 is 2.93 bits per heavy atom. The van der Waals surface area contributed by atoms with E-state index in [1.165, 1.54) is 11.1 Å². The van der Waals surface area contributed by atoms with E-state index in [0.29, 0.717) is 5.75 Å². The molecule has 15 heavy (non-hydrogen) atoms. The topological polar surface area (TPSA) is 26.3 Å². The van der Waals surface area contributed by atoms with Crippen LogP contribution in [0, 0.1) is 6.92 Å². The number of hydrogen-bond donors (Lipinski definition) is 0. The van der Waals surface area contributed by atoms with Crippen molar-refractivity contribution in [2.45, 2.75) is 12.7 Å². The summed E-state index contributed by atoms with van der Waals surface area (Å²) < 4.78 is 4.76. The molecule has 0 aliphatic carbocycles. The van der Waals surface area contributed by atoms with Gasteiger partial charge in [-0.25, -0.2) is 0 Å². The Balaban J connectivity index is 2.28. The fourth-order valence-corrected chi connectivity index (χ4v) is 2.12. The van der Waals surface area contributed by atoms with Gasteiger partial charge >= 0.3 is 0 Å². The van der Waals surface area contributed by atoms with Crippen LogP contribution < -0.4 is 0 Å². The molecule has 0 aromatic heterocycles. The Morgan fingerprint density at radius 2 is 2.27 bits per heavy atom. The van der Waals surface area contributed by atoms with Crippen LogP contribution in [-0.2, 0) is 15.3 Å². The molecular weight excluding hydrogens is 208 g/mol. The predicted octanol–water partition coefficient (Wildman–Crippen LogP) is 2.44. The maximum Gasteiger partial charge on any atom is 0.168 e. The van der Waals surface area contributed by atoms with Gasteiger partial charge in [-0.3, -0.25) is 4.79 Å². The Bertz CT molecular complexity index is 323. The van der Waals surface area contributed by atoms with Gasteiger partial charge in [-0.2, -0.15) is 0 Å². The van der Waals surface area contributed by atoms with E-state index in [-0.39, 0.29) is 12.4 Å². The van der Waals surface area contributed by atoms with E-state index in [2.05, 4.69) is 25.1 Å². The lowest BCUT2D eigenvalue weighted by atomic mass is 10.2. The van der Waals surface area contributed by atoms with Gasteiger partial charge in [0.25, 0.3) is 0 Å². The number of ketones is 1. The molecular formula is C12H16O2S. The summed E-state index contributed by atoms with van der Waals surface area (Å²) in [6, 6.07) is 8.35. The van der Waals surface area contributed by atoms with Gasteiger partial charge in [-0.05, 0) is 12.5 Å². The number of benzene rings is 1. The van der Waals surface area contributed by atoms with E-state index < -0.39 is 0 Å². The molecule has 1 aromatic carbocycles. The summed E-state index contributed by atoms with van der Waals surface area (Å²) in [5, 5.41) is 0. The fourth-order valence-electron chi connectivity index (χ4n) is 1.29. The van der Waals surface area contributed by atoms with E-state index in [1.807, 2.05) is 6.07 Å². The van der Waals surface area contributed by atoms with Gasteiger partial charge in [0.2, 0.25) is 0 Å². The van der Waals surface area contributed by atoms with Gasteiger partial charge in [0, 0.05) is 12.9 Å². The number of carbonyl (C=O) groups excluding carboxylic acids is 1. The van der Waals surface area contributed by atoms with Crippen LogP contribution in [0.3, 0.4) is 0 Å². The van der Waals surface area contributed by atoms with Gasteiger partial charge in [0.15, 0.2) is 5.78 Å². The Labute approximate surface area is 95.0 Å². The first kappa shape index (κ1) is 12.3. The molecule has 0 saturated carbocycles. The van der Waals surface area contributed by atoms with Gasteiger partial charge in [-0.1, -0.05) is 29.8 Å². The van der Waals surface area contributed by atoms with Crippen molar-refractivity contribution in [3.05, 3.63) is 35.4 Å². The van der Waals surface area contributed by atoms with Crippen LogP contribution >= 0.6 is 11.8 Å². The first-order chi connectivity index (χ1) is 7.22. The molecule has 1 aromatic rings. The predicted molar refractivity (Wildman–Crippen MR) is 64.2 cm³/mol. The number of carbonyl (C=O) groups is 1. The summed E-state index contributed by atoms with van der Waals surface area (Å²) in [4.78, 5) is 11.2. The number of rotatable bonds is 6. The molecule has 2 nitrogen and oxygen atoms in total. The second-order valence-electron chi connectivity index (χ2n) is 3.45. The first-order valence-electron chi connectivity index (χ1n) is 4.86. The zero-order valence-electron chi connectivity index (χ0n) is 9.16. The summed E-state index contributed by atoms with van der Waals surface area (Å²) in [6.07, 6.45) is 0. The van der Waals surface area contributed by atoms with Crippen LogP contribution in [0.5, 0.6) is 0 Å². The smallest absolute Gasteiger partial charge is 0.168 e. The number of methoxy groups -OCH3 is 1. The third-order valence-corrected chi connectivity index (χ3v) is 2.98. The van der Waals surface area contributed by atoms with Crippen molar-refractivity contribution in [3.8, 4) is 0 Å². The summed E-state index contributed by atoms with van der Waals surface area (Å²) in [6.45, 7) is 2.30. The molecule has 0 N–H and O–H groups in total. The van der Waals surface area contributed by atoms with Crippen molar-refractivity contribution in [2.24, 2.45) is 0 Å². The van der Waals surface area contributed by atoms with E-state index >= 15 is 0 Å². The summed E-state index contributed by atoms with van der Waals surface area (Å²) in [7, 11) is 1.54. The minimum Gasteiger partial charge on any atom is -0.377 e. The maximum absolute atomic E-state index is 11.2. The van der Waals surface area contributed by atoms with Crippen molar-refractivity contribution in [1.82, 2.24) is 0 Å². The van der Waals surface area contributed by atoms with Crippen molar-refractivity contribution >= 4 is 17.5 Å². The highest BCUT2D eigenvalue weighted by atomic mass is 32.2. The van der Waals surface area contributed by atoms with Gasteiger partial charge in [0.05, 0.1) is 5.75 Å². The van der Waals surface area contributed by atoms with Gasteiger partial charge in [0.1, 0.15) is 6.61 Å². The fraction of sp³-hybridized carbons (Fsp3) is 0.417. The molecule has 1 rings (SSSR count). The van der Waals surface area contributed by atoms with Crippen LogP contribution in [0.15, 0.2) is 24.3 Å². The second-order valence-corrected chi connectivity index (χ2v) is 4.44. The normalized spacial score (nSPS) is 10.3. The van der Waals surface area contributed by atoms with Crippen molar-refractivity contribution in [3.63, 3.8) is 0 Å². The molecule has 0 spiro atoms. The molecule has 0 radical (unpaired) electrons. The molecule has 0 heterocycles. The van der Waals surface area contributed by atoms with Crippen LogP contribution in [0.2, 0.25) is 0 Å². The van der Waals surface area contributed by atoms with Crippen LogP contribution in [0.25, 0.3) is 0 Å². The van der Waals surface area contributed by atoms with Crippen molar-refractivity contribution in [1.29, 1.82) is 0 Å². The van der Waals surface area contributed by atoms with E-state index in [0.717, 1.165) is 5.75 Å². The Kier molecular flexibility index (Phi) is 5.43. The zero-order chi connectivity index (χ0) is 11.1. The SMILES string of the molecule is COCC(=O)CSCc1cccc(C)c1. The van der Waals surface area contributed by atoms with Crippen molar-refractivity contribution < 1.29 is 9.53 Å². The van der Waals surface area contributed by atoms with E-state index in [1.54, 1.807) is 18.9 Å². The second kappa shape index (κ2) is 6.64. The van der Waals surface area contributed by atoms with Crippen molar-refractivity contribution in [2.75, 3.05) is 19.5 Å². The highest BCUT2D eigenvalue weighted by Gasteiger charge is 2.01. The van der Waals surface area contributed by atoms with Crippen LogP contribution in [0.4, 0.5) is 0 Å². The van der Waals surface area contributed by atoms with E-state index in [9.17, 15) is 4.79 Å². The summed E-state index contributed by atoms with van der Waals surface area (Å²) in [5.74, 6) is 1.56. The largest absolute Gasteiger partial charge is 0.377 e. The average Bonchev–Trinajstić information content (AvgIpc) is 2.18. The first-order valence-corrected chi connectivity index (χ1v) is 6.02. The molecule has 3 heteroatoms. The zero-order valence-corrected chi connectivity index (χ0v) is 9.97. The average molecular weight is 224 g/mol. The van der Waals surface area contributed by atoms with Gasteiger partial charge in [-0.15, -0.1) is 11.8 Å². The third-order valence-electron chi connectivity index (χ3n) is 1.92. The number of hydrogen-bond acceptors (Lipinski definition) is 3. The quantitative estimate of drug-likeness (QED) is 0.742. The summed E-state index contributed by atoms with van der Waals surface area (Å²) >= 11 is 1.63. The Hall–Kier alpha value is -0.800. The van der Waals surface area contributed by atoms with Crippen LogP contribution in [0.1, 0.15) is 11.1 Å². The standard InChI is InChI=1S/C12H16O2S/c1-10-4-3-5-11(6-10)8-15-9-12(13)7-14-2/h3-6H,7-9H2,1-2H3. The monoisotopic (exact) mass is 224 g/mol. The molecule has 0 fully saturated rings. The van der Waals surface area contributed by atoms with E-state index in [4.69, 9.17) is 4.74 Å². The van der Waals surface area contributed by atoms with Gasteiger partial charge < -0.3 is 4.74 Å². The maximum atomic E-state index is 11.2. The number of thioether (sulfide) groups is 1. The highest BCUT2D eigenvalue weighted by molar-refractivity contribution is 7.99. The lowest BCUT2D eigenvalue weighted by Crippen LogP contribution is -2.09. The molecule has 0 saturated heterocycles. The number of aryl methyl sites for hydroxylation is 1. The lowest BCUT2D eigenvalue weighted by molar-refractivity contribution is -0.120. The molecule has 0 atom stereocenters.